The molecule has 0 aromatic heterocycles. The van der Waals surface area contributed by atoms with Gasteiger partial charge >= 0.3 is 0 Å². The molecule has 0 bridgehead atoms. The molecule has 1 rings (SSSR count). The molecule has 1 aliphatic rings. The summed E-state index contributed by atoms with van der Waals surface area (Å²) in [5, 5.41) is 3.60. The molecule has 0 aromatic carbocycles. The van der Waals surface area contributed by atoms with E-state index in [4.69, 9.17) is 9.47 Å². The van der Waals surface area contributed by atoms with Crippen LogP contribution in [0.1, 0.15) is 34.1 Å². The maximum absolute atomic E-state index is 5.59. The molecule has 0 saturated heterocycles. The first kappa shape index (κ1) is 12.9. The van der Waals surface area contributed by atoms with Crippen molar-refractivity contribution in [3.05, 3.63) is 0 Å². The number of hydrogen-bond acceptors (Lipinski definition) is 3. The van der Waals surface area contributed by atoms with Crippen LogP contribution in [0.4, 0.5) is 0 Å². The van der Waals surface area contributed by atoms with Crippen LogP contribution in [0.5, 0.6) is 0 Å². The van der Waals surface area contributed by atoms with E-state index in [-0.39, 0.29) is 12.2 Å². The minimum Gasteiger partial charge on any atom is -0.377 e. The third-order valence-electron chi connectivity index (χ3n) is 3.38. The zero-order valence-corrected chi connectivity index (χ0v) is 10.6. The first-order valence-corrected chi connectivity index (χ1v) is 6.00. The molecule has 90 valence electrons. The third-order valence-corrected chi connectivity index (χ3v) is 3.38. The Kier molecular flexibility index (Phi) is 5.03. The summed E-state index contributed by atoms with van der Waals surface area (Å²) in [6.45, 7) is 9.50. The zero-order chi connectivity index (χ0) is 11.4. The van der Waals surface area contributed by atoms with E-state index >= 15 is 0 Å². The fraction of sp³-hybridized carbons (Fsp3) is 1.00. The van der Waals surface area contributed by atoms with Gasteiger partial charge in [-0.2, -0.15) is 0 Å². The fourth-order valence-electron chi connectivity index (χ4n) is 1.97. The van der Waals surface area contributed by atoms with Gasteiger partial charge in [0.05, 0.1) is 12.2 Å². The molecule has 4 unspecified atom stereocenters. The molecule has 3 heteroatoms. The van der Waals surface area contributed by atoms with Gasteiger partial charge in [0.15, 0.2) is 0 Å². The average Bonchev–Trinajstić information content (AvgIpc) is 2.16. The molecule has 1 aliphatic carbocycles. The first-order valence-electron chi connectivity index (χ1n) is 6.00. The Bertz CT molecular complexity index is 184. The van der Waals surface area contributed by atoms with E-state index in [9.17, 15) is 0 Å². The molecule has 0 aliphatic heterocycles. The van der Waals surface area contributed by atoms with Crippen LogP contribution in [0.3, 0.4) is 0 Å². The molecule has 1 saturated carbocycles. The Labute approximate surface area is 93.5 Å². The van der Waals surface area contributed by atoms with Gasteiger partial charge in [0.25, 0.3) is 0 Å². The van der Waals surface area contributed by atoms with E-state index in [1.807, 2.05) is 6.92 Å². The second kappa shape index (κ2) is 5.83. The molecule has 0 radical (unpaired) electrons. The van der Waals surface area contributed by atoms with Gasteiger partial charge in [0, 0.05) is 25.8 Å². The second-order valence-electron chi connectivity index (χ2n) is 4.74. The number of ether oxygens (including phenoxy) is 2. The second-order valence-corrected chi connectivity index (χ2v) is 4.74. The van der Waals surface area contributed by atoms with Crippen molar-refractivity contribution in [1.82, 2.24) is 5.32 Å². The van der Waals surface area contributed by atoms with Crippen LogP contribution in [-0.4, -0.2) is 38.0 Å². The van der Waals surface area contributed by atoms with Crippen molar-refractivity contribution in [3.8, 4) is 0 Å². The van der Waals surface area contributed by atoms with Crippen molar-refractivity contribution < 1.29 is 9.47 Å². The summed E-state index contributed by atoms with van der Waals surface area (Å²) in [6.07, 6.45) is 1.59. The summed E-state index contributed by atoms with van der Waals surface area (Å²) in [5.74, 6) is 0.661. The number of methoxy groups -OCH3 is 1. The average molecular weight is 215 g/mol. The van der Waals surface area contributed by atoms with Gasteiger partial charge in [-0.05, 0) is 26.2 Å². The quantitative estimate of drug-likeness (QED) is 0.733. The van der Waals surface area contributed by atoms with E-state index in [0.29, 0.717) is 18.0 Å². The molecule has 0 aromatic rings. The SMILES string of the molecule is CCOC1CC(NC(C)C(C)C)C1OC. The predicted octanol–water partition coefficient (Wildman–Crippen LogP) is 1.81. The minimum atomic E-state index is 0.228. The van der Waals surface area contributed by atoms with E-state index in [1.165, 1.54) is 0 Å². The highest BCUT2D eigenvalue weighted by Crippen LogP contribution is 2.27. The third kappa shape index (κ3) is 3.16. The molecule has 0 heterocycles. The van der Waals surface area contributed by atoms with Gasteiger partial charge in [-0.15, -0.1) is 0 Å². The summed E-state index contributed by atoms with van der Waals surface area (Å²) in [4.78, 5) is 0. The lowest BCUT2D eigenvalue weighted by Crippen LogP contribution is -2.61. The molecular weight excluding hydrogens is 190 g/mol. The molecule has 1 fully saturated rings. The highest BCUT2D eigenvalue weighted by atomic mass is 16.5. The molecule has 1 N–H and O–H groups in total. The lowest BCUT2D eigenvalue weighted by atomic mass is 9.84. The van der Waals surface area contributed by atoms with E-state index < -0.39 is 0 Å². The maximum Gasteiger partial charge on any atom is 0.0986 e. The Morgan fingerprint density at radius 2 is 2.00 bits per heavy atom. The van der Waals surface area contributed by atoms with Crippen LogP contribution in [0.2, 0.25) is 0 Å². The van der Waals surface area contributed by atoms with Crippen molar-refractivity contribution in [2.45, 2.75) is 58.4 Å². The molecule has 0 amide bonds. The van der Waals surface area contributed by atoms with Crippen LogP contribution in [-0.2, 0) is 9.47 Å². The Morgan fingerprint density at radius 1 is 1.33 bits per heavy atom. The Morgan fingerprint density at radius 3 is 2.47 bits per heavy atom. The number of rotatable bonds is 6. The first-order chi connectivity index (χ1) is 7.10. The van der Waals surface area contributed by atoms with E-state index in [0.717, 1.165) is 13.0 Å². The summed E-state index contributed by atoms with van der Waals surface area (Å²) >= 11 is 0. The minimum absolute atomic E-state index is 0.228. The molecule has 3 nitrogen and oxygen atoms in total. The van der Waals surface area contributed by atoms with Gasteiger partial charge in [0.1, 0.15) is 0 Å². The maximum atomic E-state index is 5.59. The highest BCUT2D eigenvalue weighted by Gasteiger charge is 2.42. The largest absolute Gasteiger partial charge is 0.377 e. The summed E-state index contributed by atoms with van der Waals surface area (Å²) in [5.41, 5.74) is 0. The van der Waals surface area contributed by atoms with E-state index in [2.05, 4.69) is 26.1 Å². The van der Waals surface area contributed by atoms with Crippen molar-refractivity contribution in [3.63, 3.8) is 0 Å². The van der Waals surface area contributed by atoms with Crippen molar-refractivity contribution >= 4 is 0 Å². The molecule has 15 heavy (non-hydrogen) atoms. The summed E-state index contributed by atoms with van der Waals surface area (Å²) < 4.78 is 11.0. The van der Waals surface area contributed by atoms with E-state index in [1.54, 1.807) is 7.11 Å². The standard InChI is InChI=1S/C12H25NO2/c1-6-15-11-7-10(12(11)14-5)13-9(4)8(2)3/h8-13H,6-7H2,1-5H3. The molecule has 0 spiro atoms. The van der Waals surface area contributed by atoms with Crippen molar-refractivity contribution in [2.24, 2.45) is 5.92 Å². The lowest BCUT2D eigenvalue weighted by molar-refractivity contribution is -0.133. The van der Waals surface area contributed by atoms with Crippen LogP contribution in [0.25, 0.3) is 0 Å². The number of nitrogens with one attached hydrogen (secondary N) is 1. The lowest BCUT2D eigenvalue weighted by Gasteiger charge is -2.45. The van der Waals surface area contributed by atoms with Gasteiger partial charge in [0.2, 0.25) is 0 Å². The van der Waals surface area contributed by atoms with Gasteiger partial charge in [-0.1, -0.05) is 13.8 Å². The van der Waals surface area contributed by atoms with Gasteiger partial charge in [-0.3, -0.25) is 0 Å². The predicted molar refractivity (Wildman–Crippen MR) is 62.1 cm³/mol. The van der Waals surface area contributed by atoms with Crippen LogP contribution in [0, 0.1) is 5.92 Å². The zero-order valence-electron chi connectivity index (χ0n) is 10.6. The molecular formula is C12H25NO2. The monoisotopic (exact) mass is 215 g/mol. The van der Waals surface area contributed by atoms with Crippen molar-refractivity contribution in [1.29, 1.82) is 0 Å². The summed E-state index contributed by atoms with van der Waals surface area (Å²) in [7, 11) is 1.77. The smallest absolute Gasteiger partial charge is 0.0986 e. The summed E-state index contributed by atoms with van der Waals surface area (Å²) in [6, 6.07) is 0.999. The molecule has 4 atom stereocenters. The van der Waals surface area contributed by atoms with Crippen LogP contribution >= 0.6 is 0 Å². The Balaban J connectivity index is 2.33. The van der Waals surface area contributed by atoms with Crippen LogP contribution < -0.4 is 5.32 Å². The Hall–Kier alpha value is -0.120. The van der Waals surface area contributed by atoms with Crippen molar-refractivity contribution in [2.75, 3.05) is 13.7 Å². The van der Waals surface area contributed by atoms with Crippen LogP contribution in [0.15, 0.2) is 0 Å². The highest BCUT2D eigenvalue weighted by molar-refractivity contribution is 4.98. The van der Waals surface area contributed by atoms with Gasteiger partial charge in [-0.25, -0.2) is 0 Å². The van der Waals surface area contributed by atoms with Gasteiger partial charge < -0.3 is 14.8 Å². The fourth-order valence-corrected chi connectivity index (χ4v) is 1.97. The topological polar surface area (TPSA) is 30.5 Å². The normalized spacial score (nSPS) is 32.8. The number of hydrogen-bond donors (Lipinski definition) is 1.